The molecular formula is C9H10N2O3S. The van der Waals surface area contributed by atoms with Crippen molar-refractivity contribution in [2.75, 3.05) is 0 Å². The molecule has 1 fully saturated rings. The number of carboxylic acid groups (broad SMARTS) is 1. The van der Waals surface area contributed by atoms with Gasteiger partial charge in [0.1, 0.15) is 0 Å². The molecule has 2 N–H and O–H groups in total. The number of aromatic nitrogens is 1. The second-order valence-electron chi connectivity index (χ2n) is 3.49. The molecule has 2 unspecified atom stereocenters. The van der Waals surface area contributed by atoms with Gasteiger partial charge in [0.25, 0.3) is 0 Å². The van der Waals surface area contributed by atoms with Crippen molar-refractivity contribution in [2.24, 2.45) is 5.92 Å². The van der Waals surface area contributed by atoms with Gasteiger partial charge in [0.2, 0.25) is 5.91 Å². The fourth-order valence-electron chi connectivity index (χ4n) is 1.72. The van der Waals surface area contributed by atoms with Gasteiger partial charge in [-0.15, -0.1) is 11.3 Å². The zero-order valence-corrected chi connectivity index (χ0v) is 8.66. The van der Waals surface area contributed by atoms with Crippen LogP contribution in [0.2, 0.25) is 0 Å². The molecule has 80 valence electrons. The van der Waals surface area contributed by atoms with Crippen LogP contribution >= 0.6 is 11.3 Å². The molecule has 0 bridgehead atoms. The van der Waals surface area contributed by atoms with Gasteiger partial charge in [-0.25, -0.2) is 0 Å². The summed E-state index contributed by atoms with van der Waals surface area (Å²) in [6.07, 6.45) is 2.33. The topological polar surface area (TPSA) is 79.3 Å². The first kappa shape index (κ1) is 10.1. The third kappa shape index (κ3) is 2.15. The Kier molecular flexibility index (Phi) is 2.68. The van der Waals surface area contributed by atoms with Crippen molar-refractivity contribution < 1.29 is 14.7 Å². The van der Waals surface area contributed by atoms with Gasteiger partial charge in [0, 0.05) is 30.0 Å². The van der Waals surface area contributed by atoms with Crippen LogP contribution in [-0.4, -0.2) is 28.0 Å². The molecule has 1 aliphatic heterocycles. The van der Waals surface area contributed by atoms with E-state index in [9.17, 15) is 9.59 Å². The highest BCUT2D eigenvalue weighted by atomic mass is 32.1. The molecule has 2 heterocycles. The van der Waals surface area contributed by atoms with E-state index < -0.39 is 11.9 Å². The standard InChI is InChI=1S/C9H10N2O3S/c12-8-2-6(9(13)14)7(11-8)1-5-3-10-4-15-5/h3-4,6-7H,1-2H2,(H,11,12)(H,13,14). The van der Waals surface area contributed by atoms with Gasteiger partial charge in [-0.05, 0) is 0 Å². The van der Waals surface area contributed by atoms with Crippen molar-refractivity contribution in [2.45, 2.75) is 18.9 Å². The number of aliphatic carboxylic acids is 1. The van der Waals surface area contributed by atoms with Gasteiger partial charge in [0.05, 0.1) is 11.4 Å². The van der Waals surface area contributed by atoms with E-state index in [0.29, 0.717) is 6.42 Å². The molecular weight excluding hydrogens is 216 g/mol. The van der Waals surface area contributed by atoms with Crippen molar-refractivity contribution >= 4 is 23.2 Å². The number of carboxylic acids is 1. The Morgan fingerprint density at radius 1 is 1.73 bits per heavy atom. The van der Waals surface area contributed by atoms with E-state index >= 15 is 0 Å². The van der Waals surface area contributed by atoms with Crippen molar-refractivity contribution in [1.82, 2.24) is 10.3 Å². The molecule has 0 spiro atoms. The summed E-state index contributed by atoms with van der Waals surface area (Å²) in [4.78, 5) is 26.9. The van der Waals surface area contributed by atoms with Gasteiger partial charge in [-0.2, -0.15) is 0 Å². The lowest BCUT2D eigenvalue weighted by Gasteiger charge is -2.13. The minimum atomic E-state index is -0.914. The van der Waals surface area contributed by atoms with E-state index in [1.54, 1.807) is 11.7 Å². The maximum atomic E-state index is 11.1. The average molecular weight is 226 g/mol. The van der Waals surface area contributed by atoms with E-state index in [-0.39, 0.29) is 18.4 Å². The molecule has 0 radical (unpaired) electrons. The third-order valence-corrected chi connectivity index (χ3v) is 3.26. The summed E-state index contributed by atoms with van der Waals surface area (Å²) in [5, 5.41) is 11.6. The van der Waals surface area contributed by atoms with Crippen LogP contribution < -0.4 is 5.32 Å². The van der Waals surface area contributed by atoms with E-state index in [2.05, 4.69) is 10.3 Å². The number of nitrogens with one attached hydrogen (secondary N) is 1. The molecule has 0 saturated carbocycles. The van der Waals surface area contributed by atoms with Gasteiger partial charge >= 0.3 is 5.97 Å². The average Bonchev–Trinajstić information content (AvgIpc) is 2.75. The predicted octanol–water partition coefficient (Wildman–Crippen LogP) is 0.275. The maximum Gasteiger partial charge on any atom is 0.309 e. The molecule has 15 heavy (non-hydrogen) atoms. The van der Waals surface area contributed by atoms with Crippen LogP contribution in [0.15, 0.2) is 11.7 Å². The molecule has 0 aliphatic carbocycles. The monoisotopic (exact) mass is 226 g/mol. The van der Waals surface area contributed by atoms with Crippen LogP contribution in [0.25, 0.3) is 0 Å². The molecule has 1 aromatic heterocycles. The summed E-state index contributed by atoms with van der Waals surface area (Å²) in [6, 6.07) is -0.296. The molecule has 2 rings (SSSR count). The zero-order valence-electron chi connectivity index (χ0n) is 7.84. The molecule has 1 aliphatic rings. The second-order valence-corrected chi connectivity index (χ2v) is 4.47. The summed E-state index contributed by atoms with van der Waals surface area (Å²) in [7, 11) is 0. The quantitative estimate of drug-likeness (QED) is 0.775. The number of hydrogen-bond acceptors (Lipinski definition) is 4. The summed E-state index contributed by atoms with van der Waals surface area (Å²) in [6.45, 7) is 0. The Labute approximate surface area is 90.1 Å². The third-order valence-electron chi connectivity index (χ3n) is 2.46. The van der Waals surface area contributed by atoms with Crippen LogP contribution in [-0.2, 0) is 16.0 Å². The van der Waals surface area contributed by atoms with Crippen molar-refractivity contribution in [3.63, 3.8) is 0 Å². The van der Waals surface area contributed by atoms with Crippen molar-refractivity contribution in [1.29, 1.82) is 0 Å². The summed E-state index contributed by atoms with van der Waals surface area (Å²) >= 11 is 1.47. The Morgan fingerprint density at radius 2 is 2.53 bits per heavy atom. The van der Waals surface area contributed by atoms with Crippen LogP contribution in [0.5, 0.6) is 0 Å². The fraction of sp³-hybridized carbons (Fsp3) is 0.444. The van der Waals surface area contributed by atoms with E-state index in [1.807, 2.05) is 0 Å². The van der Waals surface area contributed by atoms with Gasteiger partial charge in [0.15, 0.2) is 0 Å². The normalized spacial score (nSPS) is 25.2. The first-order chi connectivity index (χ1) is 7.16. The summed E-state index contributed by atoms with van der Waals surface area (Å²) in [5.41, 5.74) is 1.70. The fourth-order valence-corrected chi connectivity index (χ4v) is 2.38. The first-order valence-electron chi connectivity index (χ1n) is 4.56. The van der Waals surface area contributed by atoms with Gasteiger partial charge < -0.3 is 10.4 Å². The van der Waals surface area contributed by atoms with Gasteiger partial charge in [-0.1, -0.05) is 0 Å². The number of carbonyl (C=O) groups is 2. The summed E-state index contributed by atoms with van der Waals surface area (Å²) < 4.78 is 0. The number of hydrogen-bond donors (Lipinski definition) is 2. The number of rotatable bonds is 3. The zero-order chi connectivity index (χ0) is 10.8. The van der Waals surface area contributed by atoms with Gasteiger partial charge in [-0.3, -0.25) is 14.6 Å². The summed E-state index contributed by atoms with van der Waals surface area (Å²) in [5.74, 6) is -1.71. The second kappa shape index (κ2) is 3.98. The molecule has 6 heteroatoms. The Hall–Kier alpha value is -1.43. The Morgan fingerprint density at radius 3 is 3.13 bits per heavy atom. The highest BCUT2D eigenvalue weighted by molar-refractivity contribution is 7.09. The van der Waals surface area contributed by atoms with Crippen LogP contribution in [0.4, 0.5) is 0 Å². The SMILES string of the molecule is O=C1CC(C(=O)O)C(Cc2cncs2)N1. The van der Waals surface area contributed by atoms with E-state index in [0.717, 1.165) is 4.88 Å². The maximum absolute atomic E-state index is 11.1. The number of carbonyl (C=O) groups excluding carboxylic acids is 1. The molecule has 1 saturated heterocycles. The lowest BCUT2D eigenvalue weighted by atomic mass is 9.98. The molecule has 1 amide bonds. The lowest BCUT2D eigenvalue weighted by molar-refractivity contribution is -0.142. The van der Waals surface area contributed by atoms with Crippen molar-refractivity contribution in [3.8, 4) is 0 Å². The lowest BCUT2D eigenvalue weighted by Crippen LogP contribution is -2.34. The van der Waals surface area contributed by atoms with Crippen LogP contribution in [0, 0.1) is 5.92 Å². The number of amides is 1. The largest absolute Gasteiger partial charge is 0.481 e. The minimum absolute atomic E-state index is 0.0821. The first-order valence-corrected chi connectivity index (χ1v) is 5.44. The molecule has 0 aromatic carbocycles. The van der Waals surface area contributed by atoms with Crippen LogP contribution in [0.3, 0.4) is 0 Å². The highest BCUT2D eigenvalue weighted by Crippen LogP contribution is 2.21. The molecule has 2 atom stereocenters. The highest BCUT2D eigenvalue weighted by Gasteiger charge is 2.37. The molecule has 5 nitrogen and oxygen atoms in total. The molecule has 1 aromatic rings. The predicted molar refractivity (Wildman–Crippen MR) is 53.5 cm³/mol. The number of nitrogens with zero attached hydrogens (tertiary/aromatic N) is 1. The smallest absolute Gasteiger partial charge is 0.309 e. The minimum Gasteiger partial charge on any atom is -0.481 e. The Bertz CT molecular complexity index is 377. The van der Waals surface area contributed by atoms with E-state index in [1.165, 1.54) is 11.3 Å². The van der Waals surface area contributed by atoms with Crippen LogP contribution in [0.1, 0.15) is 11.3 Å². The van der Waals surface area contributed by atoms with Crippen molar-refractivity contribution in [3.05, 3.63) is 16.6 Å². The number of thiazole rings is 1. The van der Waals surface area contributed by atoms with E-state index in [4.69, 9.17) is 5.11 Å². The Balaban J connectivity index is 2.07.